The maximum absolute atomic E-state index is 14.5. The topological polar surface area (TPSA) is 128 Å². The number of nitrogens with zero attached hydrogens (tertiary/aromatic N) is 5. The van der Waals surface area contributed by atoms with Crippen molar-refractivity contribution < 1.29 is 18.8 Å². The van der Waals surface area contributed by atoms with Gasteiger partial charge in [0, 0.05) is 29.7 Å². The van der Waals surface area contributed by atoms with E-state index in [4.69, 9.17) is 5.73 Å². The van der Waals surface area contributed by atoms with Gasteiger partial charge >= 0.3 is 0 Å². The molecule has 5 heterocycles. The van der Waals surface area contributed by atoms with Crippen molar-refractivity contribution in [1.29, 1.82) is 0 Å². The summed E-state index contributed by atoms with van der Waals surface area (Å²) in [5.74, 6) is -1.44. The molecule has 3 N–H and O–H groups in total. The molecule has 206 valence electrons. The Labute approximate surface area is 237 Å². The molecule has 0 spiro atoms. The monoisotopic (exact) mass is 607 g/mol. The Kier molecular flexibility index (Phi) is 6.87. The van der Waals surface area contributed by atoms with Crippen LogP contribution in [0, 0.1) is 0 Å². The van der Waals surface area contributed by atoms with Crippen LogP contribution in [-0.4, -0.2) is 60.7 Å². The lowest BCUT2D eigenvalue weighted by atomic mass is 10.1. The van der Waals surface area contributed by atoms with Gasteiger partial charge in [-0.1, -0.05) is 12.1 Å². The summed E-state index contributed by atoms with van der Waals surface area (Å²) in [5.41, 5.74) is 9.52. The summed E-state index contributed by atoms with van der Waals surface area (Å²) >= 11 is 3.25. The predicted molar refractivity (Wildman–Crippen MR) is 150 cm³/mol. The molecule has 3 amide bonds. The van der Waals surface area contributed by atoms with Crippen molar-refractivity contribution in [3.8, 4) is 11.3 Å². The summed E-state index contributed by atoms with van der Waals surface area (Å²) < 4.78 is 18.7. The number of hydrogen-bond donors (Lipinski definition) is 2. The molecule has 10 nitrogen and oxygen atoms in total. The minimum Gasteiger partial charge on any atom is -0.364 e. The number of amides is 3. The standard InChI is InChI=1S/C28H27BrFN7O3/c29-23-5-3-6-24(32-23)33-28(40)22-13-17(30)14-36(22)25(38)15-37-21-9-7-16(12-19(21)26(34-37)27(31)39)20-10-8-18-4-1-2-11-35(18)20/h3,5-10,12,17,22H,1-2,4,11,13-15H2,(H2,31,39)(H,32,33,40)/t17-,22+/m1/s1. The van der Waals surface area contributed by atoms with Crippen molar-refractivity contribution in [2.45, 2.75) is 51.0 Å². The average Bonchev–Trinajstić information content (AvgIpc) is 3.63. The summed E-state index contributed by atoms with van der Waals surface area (Å²) in [6, 6.07) is 13.8. The van der Waals surface area contributed by atoms with Crippen molar-refractivity contribution in [1.82, 2.24) is 24.2 Å². The van der Waals surface area contributed by atoms with E-state index in [9.17, 15) is 18.8 Å². The number of halogens is 2. The SMILES string of the molecule is NC(=O)c1nn(CC(=O)N2C[C@H](F)C[C@H]2C(=O)Nc2cccc(Br)n2)c2ccc(-c3ccc4n3CCCC4)cc12. The minimum atomic E-state index is -1.35. The molecule has 0 radical (unpaired) electrons. The van der Waals surface area contributed by atoms with Crippen molar-refractivity contribution in [3.05, 3.63) is 64.5 Å². The van der Waals surface area contributed by atoms with Gasteiger partial charge < -0.3 is 20.5 Å². The lowest BCUT2D eigenvalue weighted by molar-refractivity contribution is -0.137. The number of aryl methyl sites for hydroxylation is 1. The van der Waals surface area contributed by atoms with Crippen LogP contribution >= 0.6 is 15.9 Å². The molecule has 12 heteroatoms. The molecular formula is C28H27BrFN7O3. The van der Waals surface area contributed by atoms with Crippen LogP contribution in [0.15, 0.2) is 53.1 Å². The number of primary amides is 1. The first-order valence-corrected chi connectivity index (χ1v) is 13.9. The smallest absolute Gasteiger partial charge is 0.269 e. The Bertz CT molecular complexity index is 1650. The summed E-state index contributed by atoms with van der Waals surface area (Å²) in [5, 5.41) is 7.54. The van der Waals surface area contributed by atoms with Crippen LogP contribution in [0.4, 0.5) is 10.2 Å². The Morgan fingerprint density at radius 1 is 1.12 bits per heavy atom. The number of carbonyl (C=O) groups is 3. The van der Waals surface area contributed by atoms with Crippen molar-refractivity contribution in [2.24, 2.45) is 5.73 Å². The van der Waals surface area contributed by atoms with Gasteiger partial charge in [0.25, 0.3) is 5.91 Å². The quantitative estimate of drug-likeness (QED) is 0.323. The lowest BCUT2D eigenvalue weighted by Crippen LogP contribution is -2.44. The molecule has 1 saturated heterocycles. The minimum absolute atomic E-state index is 0.0508. The number of hydrogen-bond acceptors (Lipinski definition) is 5. The van der Waals surface area contributed by atoms with Crippen LogP contribution in [0.25, 0.3) is 22.2 Å². The van der Waals surface area contributed by atoms with E-state index in [1.807, 2.05) is 18.2 Å². The molecule has 2 aliphatic rings. The van der Waals surface area contributed by atoms with Gasteiger partial charge in [0.05, 0.1) is 12.1 Å². The zero-order chi connectivity index (χ0) is 28.0. The third-order valence-electron chi connectivity index (χ3n) is 7.54. The van der Waals surface area contributed by atoms with Gasteiger partial charge in [-0.2, -0.15) is 5.10 Å². The van der Waals surface area contributed by atoms with Crippen LogP contribution in [-0.2, 0) is 29.1 Å². The molecule has 2 atom stereocenters. The fourth-order valence-electron chi connectivity index (χ4n) is 5.68. The van der Waals surface area contributed by atoms with E-state index < -0.39 is 29.9 Å². The van der Waals surface area contributed by atoms with Crippen LogP contribution in [0.3, 0.4) is 0 Å². The van der Waals surface area contributed by atoms with E-state index in [0.717, 1.165) is 30.6 Å². The zero-order valence-electron chi connectivity index (χ0n) is 21.5. The molecule has 0 saturated carbocycles. The number of nitrogens with two attached hydrogens (primary N) is 1. The Morgan fingerprint density at radius 2 is 1.98 bits per heavy atom. The van der Waals surface area contributed by atoms with E-state index in [0.29, 0.717) is 21.3 Å². The van der Waals surface area contributed by atoms with Gasteiger partial charge in [0.1, 0.15) is 29.2 Å². The molecule has 6 rings (SSSR count). The highest BCUT2D eigenvalue weighted by molar-refractivity contribution is 9.10. The molecule has 40 heavy (non-hydrogen) atoms. The third-order valence-corrected chi connectivity index (χ3v) is 7.98. The van der Waals surface area contributed by atoms with E-state index in [1.54, 1.807) is 18.2 Å². The van der Waals surface area contributed by atoms with Gasteiger partial charge in [-0.15, -0.1) is 0 Å². The first-order chi connectivity index (χ1) is 19.3. The van der Waals surface area contributed by atoms with Crippen LogP contribution in [0.2, 0.25) is 0 Å². The highest BCUT2D eigenvalue weighted by atomic mass is 79.9. The Balaban J connectivity index is 1.27. The average molecular weight is 608 g/mol. The predicted octanol–water partition coefficient (Wildman–Crippen LogP) is 3.68. The van der Waals surface area contributed by atoms with E-state index in [1.165, 1.54) is 21.7 Å². The zero-order valence-corrected chi connectivity index (χ0v) is 23.1. The molecule has 1 fully saturated rings. The van der Waals surface area contributed by atoms with Gasteiger partial charge in [-0.25, -0.2) is 9.37 Å². The molecule has 0 unspecified atom stereocenters. The number of alkyl halides is 1. The van der Waals surface area contributed by atoms with Gasteiger partial charge in [0.2, 0.25) is 11.8 Å². The molecule has 0 aliphatic carbocycles. The van der Waals surface area contributed by atoms with E-state index in [2.05, 4.69) is 48.0 Å². The lowest BCUT2D eigenvalue weighted by Gasteiger charge is -2.23. The number of likely N-dealkylation sites (tertiary alicyclic amines) is 1. The first-order valence-electron chi connectivity index (χ1n) is 13.1. The summed E-state index contributed by atoms with van der Waals surface area (Å²) in [6.45, 7) is 0.438. The summed E-state index contributed by atoms with van der Waals surface area (Å²) in [4.78, 5) is 44.1. The summed E-state index contributed by atoms with van der Waals surface area (Å²) in [6.07, 6.45) is 1.84. The molecule has 2 aliphatic heterocycles. The number of carbonyl (C=O) groups excluding carboxylic acids is 3. The fourth-order valence-corrected chi connectivity index (χ4v) is 6.02. The summed E-state index contributed by atoms with van der Waals surface area (Å²) in [7, 11) is 0. The normalized spacial score (nSPS) is 18.6. The number of aromatic nitrogens is 4. The molecule has 0 bridgehead atoms. The highest BCUT2D eigenvalue weighted by Crippen LogP contribution is 2.31. The largest absolute Gasteiger partial charge is 0.364 e. The van der Waals surface area contributed by atoms with Crippen LogP contribution < -0.4 is 11.1 Å². The first kappa shape index (κ1) is 26.2. The van der Waals surface area contributed by atoms with Crippen LogP contribution in [0.1, 0.15) is 35.4 Å². The molecule has 4 aromatic rings. The Hall–Kier alpha value is -4.06. The molecular weight excluding hydrogens is 581 g/mol. The van der Waals surface area contributed by atoms with Crippen molar-refractivity contribution in [3.63, 3.8) is 0 Å². The van der Waals surface area contributed by atoms with Crippen molar-refractivity contribution in [2.75, 3.05) is 11.9 Å². The van der Waals surface area contributed by atoms with E-state index in [-0.39, 0.29) is 25.2 Å². The number of fused-ring (bicyclic) bond motifs is 2. The Morgan fingerprint density at radius 3 is 2.77 bits per heavy atom. The fraction of sp³-hybridized carbons (Fsp3) is 0.321. The second-order valence-electron chi connectivity index (χ2n) is 10.2. The van der Waals surface area contributed by atoms with Gasteiger partial charge in [-0.3, -0.25) is 19.1 Å². The van der Waals surface area contributed by atoms with Crippen molar-refractivity contribution >= 4 is 50.4 Å². The number of anilines is 1. The molecule has 3 aromatic heterocycles. The second kappa shape index (κ2) is 10.5. The number of pyridine rings is 1. The number of rotatable bonds is 6. The van der Waals surface area contributed by atoms with E-state index >= 15 is 0 Å². The van der Waals surface area contributed by atoms with Gasteiger partial charge in [0.15, 0.2) is 5.69 Å². The maximum atomic E-state index is 14.5. The maximum Gasteiger partial charge on any atom is 0.269 e. The molecule has 1 aromatic carbocycles. The second-order valence-corrected chi connectivity index (χ2v) is 11.0. The van der Waals surface area contributed by atoms with Crippen LogP contribution in [0.5, 0.6) is 0 Å². The number of benzene rings is 1. The van der Waals surface area contributed by atoms with Gasteiger partial charge in [-0.05, 0) is 77.2 Å². The number of nitrogens with one attached hydrogen (secondary N) is 1. The highest BCUT2D eigenvalue weighted by Gasteiger charge is 2.40. The third kappa shape index (κ3) is 4.87.